The molecule has 0 spiro atoms. The van der Waals surface area contributed by atoms with Crippen LogP contribution in [-0.2, 0) is 24.2 Å². The van der Waals surface area contributed by atoms with Crippen molar-refractivity contribution >= 4 is 27.8 Å². The van der Waals surface area contributed by atoms with Crippen LogP contribution in [0.25, 0.3) is 11.1 Å². The van der Waals surface area contributed by atoms with E-state index in [0.29, 0.717) is 13.0 Å². The standard InChI is InChI=1S/C25H28N2O7S/c1-35(32,33)15-16-10-11-27(13-16)24(30)22(12-23(28)29)26-25(31)34-14-21-19-8-4-2-6-17(19)18-7-3-5-9-20(18)21/h2-9,16,21-22H,10-15H2,1H3,(H,26,31)(H,28,29). The van der Waals surface area contributed by atoms with Crippen molar-refractivity contribution in [1.29, 1.82) is 0 Å². The molecule has 186 valence electrons. The normalized spacial score (nSPS) is 18.0. The van der Waals surface area contributed by atoms with Gasteiger partial charge >= 0.3 is 12.1 Å². The first-order chi connectivity index (χ1) is 16.6. The van der Waals surface area contributed by atoms with E-state index < -0.39 is 40.3 Å². The molecular formula is C25H28N2O7S. The first-order valence-corrected chi connectivity index (χ1v) is 13.5. The number of aliphatic carboxylic acids is 1. The molecule has 0 radical (unpaired) electrons. The van der Waals surface area contributed by atoms with Crippen LogP contribution in [0, 0.1) is 5.92 Å². The number of nitrogens with one attached hydrogen (secondary N) is 1. The number of nitrogens with zero attached hydrogens (tertiary/aromatic N) is 1. The number of fused-ring (bicyclic) bond motifs is 3. The zero-order valence-electron chi connectivity index (χ0n) is 19.3. The maximum Gasteiger partial charge on any atom is 0.407 e. The Morgan fingerprint density at radius 1 is 1.09 bits per heavy atom. The number of carbonyl (C=O) groups is 3. The monoisotopic (exact) mass is 500 g/mol. The van der Waals surface area contributed by atoms with E-state index in [1.807, 2.05) is 48.5 Å². The van der Waals surface area contributed by atoms with Gasteiger partial charge in [0.25, 0.3) is 0 Å². The number of ether oxygens (including phenoxy) is 1. The average molecular weight is 501 g/mol. The average Bonchev–Trinajstić information content (AvgIpc) is 3.38. The molecule has 2 aromatic rings. The van der Waals surface area contributed by atoms with Crippen molar-refractivity contribution in [3.05, 3.63) is 59.7 Å². The number of likely N-dealkylation sites (tertiary alicyclic amines) is 1. The highest BCUT2D eigenvalue weighted by atomic mass is 32.2. The number of sulfone groups is 1. The predicted octanol–water partition coefficient (Wildman–Crippen LogP) is 2.26. The van der Waals surface area contributed by atoms with E-state index in [0.717, 1.165) is 28.5 Å². The van der Waals surface area contributed by atoms with Gasteiger partial charge in [-0.15, -0.1) is 0 Å². The molecule has 2 atom stereocenters. The SMILES string of the molecule is CS(=O)(=O)CC1CCN(C(=O)C(CC(=O)O)NC(=O)OCC2c3ccccc3-c3ccccc32)C1. The second kappa shape index (κ2) is 10.1. The van der Waals surface area contributed by atoms with Crippen molar-refractivity contribution in [3.8, 4) is 11.1 Å². The molecule has 1 fully saturated rings. The third-order valence-corrected chi connectivity index (χ3v) is 7.53. The third kappa shape index (κ3) is 5.82. The Morgan fingerprint density at radius 3 is 2.26 bits per heavy atom. The van der Waals surface area contributed by atoms with Gasteiger partial charge in [-0.1, -0.05) is 48.5 Å². The molecule has 2 aromatic carbocycles. The number of carboxylic acid groups (broad SMARTS) is 1. The van der Waals surface area contributed by atoms with Crippen LogP contribution in [0.1, 0.15) is 29.9 Å². The molecule has 0 aromatic heterocycles. The molecule has 1 aliphatic heterocycles. The molecule has 35 heavy (non-hydrogen) atoms. The molecule has 2 amide bonds. The molecule has 10 heteroatoms. The summed E-state index contributed by atoms with van der Waals surface area (Å²) >= 11 is 0. The molecule has 9 nitrogen and oxygen atoms in total. The van der Waals surface area contributed by atoms with Gasteiger partial charge in [0.15, 0.2) is 0 Å². The van der Waals surface area contributed by atoms with Crippen molar-refractivity contribution in [2.75, 3.05) is 31.7 Å². The van der Waals surface area contributed by atoms with Crippen LogP contribution >= 0.6 is 0 Å². The summed E-state index contributed by atoms with van der Waals surface area (Å²) in [6, 6.07) is 14.4. The summed E-state index contributed by atoms with van der Waals surface area (Å²) in [4.78, 5) is 38.3. The van der Waals surface area contributed by atoms with E-state index in [4.69, 9.17) is 4.74 Å². The maximum absolute atomic E-state index is 13.0. The Balaban J connectivity index is 1.40. The number of carboxylic acids is 1. The lowest BCUT2D eigenvalue weighted by Crippen LogP contribution is -2.49. The minimum atomic E-state index is -3.19. The summed E-state index contributed by atoms with van der Waals surface area (Å²) in [6.07, 6.45) is 0.168. The van der Waals surface area contributed by atoms with Gasteiger partial charge in [0.2, 0.25) is 5.91 Å². The number of rotatable bonds is 8. The van der Waals surface area contributed by atoms with Gasteiger partial charge in [0.05, 0.1) is 12.2 Å². The summed E-state index contributed by atoms with van der Waals surface area (Å²) in [7, 11) is -3.19. The van der Waals surface area contributed by atoms with Crippen LogP contribution in [0.3, 0.4) is 0 Å². The predicted molar refractivity (Wildman–Crippen MR) is 129 cm³/mol. The van der Waals surface area contributed by atoms with E-state index in [1.54, 1.807) is 0 Å². The van der Waals surface area contributed by atoms with Gasteiger partial charge < -0.3 is 20.1 Å². The van der Waals surface area contributed by atoms with E-state index in [9.17, 15) is 27.9 Å². The van der Waals surface area contributed by atoms with Gasteiger partial charge in [-0.25, -0.2) is 13.2 Å². The van der Waals surface area contributed by atoms with Crippen LogP contribution in [0.2, 0.25) is 0 Å². The fourth-order valence-electron chi connectivity index (χ4n) is 4.97. The van der Waals surface area contributed by atoms with Gasteiger partial charge in [-0.05, 0) is 34.6 Å². The summed E-state index contributed by atoms with van der Waals surface area (Å²) in [5.41, 5.74) is 4.23. The molecule has 2 unspecified atom stereocenters. The third-order valence-electron chi connectivity index (χ3n) is 6.45. The lowest BCUT2D eigenvalue weighted by molar-refractivity contribution is -0.142. The highest BCUT2D eigenvalue weighted by molar-refractivity contribution is 7.90. The van der Waals surface area contributed by atoms with Gasteiger partial charge in [-0.2, -0.15) is 0 Å². The largest absolute Gasteiger partial charge is 0.481 e. The Hall–Kier alpha value is -3.40. The molecule has 4 rings (SSSR count). The fraction of sp³-hybridized carbons (Fsp3) is 0.400. The van der Waals surface area contributed by atoms with Crippen LogP contribution in [0.15, 0.2) is 48.5 Å². The number of benzene rings is 2. The van der Waals surface area contributed by atoms with Gasteiger partial charge in [0, 0.05) is 25.3 Å². The number of amides is 2. The summed E-state index contributed by atoms with van der Waals surface area (Å²) in [5, 5.41) is 11.7. The Bertz CT molecular complexity index is 1200. The van der Waals surface area contributed by atoms with Crippen LogP contribution in [0.5, 0.6) is 0 Å². The highest BCUT2D eigenvalue weighted by Gasteiger charge is 2.35. The molecule has 2 aliphatic rings. The molecular weight excluding hydrogens is 472 g/mol. The van der Waals surface area contributed by atoms with Gasteiger partial charge in [0.1, 0.15) is 22.5 Å². The topological polar surface area (TPSA) is 130 Å². The Kier molecular flexibility index (Phi) is 7.11. The second-order valence-electron chi connectivity index (χ2n) is 9.15. The number of carbonyl (C=O) groups excluding carboxylic acids is 2. The van der Waals surface area contributed by atoms with E-state index in [2.05, 4.69) is 5.32 Å². The molecule has 0 bridgehead atoms. The zero-order valence-corrected chi connectivity index (χ0v) is 20.2. The first-order valence-electron chi connectivity index (χ1n) is 11.4. The lowest BCUT2D eigenvalue weighted by atomic mass is 9.98. The first kappa shape index (κ1) is 24.7. The van der Waals surface area contributed by atoms with Crippen LogP contribution < -0.4 is 5.32 Å². The van der Waals surface area contributed by atoms with Crippen molar-refractivity contribution in [3.63, 3.8) is 0 Å². The minimum absolute atomic E-state index is 0.0357. The van der Waals surface area contributed by atoms with Crippen molar-refractivity contribution in [2.45, 2.75) is 24.8 Å². The second-order valence-corrected chi connectivity index (χ2v) is 11.3. The number of alkyl carbamates (subject to hydrolysis) is 1. The Morgan fingerprint density at radius 2 is 1.69 bits per heavy atom. The molecule has 1 saturated heterocycles. The molecule has 0 saturated carbocycles. The number of hydrogen-bond acceptors (Lipinski definition) is 6. The van der Waals surface area contributed by atoms with Crippen molar-refractivity contribution in [2.24, 2.45) is 5.92 Å². The maximum atomic E-state index is 13.0. The molecule has 2 N–H and O–H groups in total. The van der Waals surface area contributed by atoms with Crippen molar-refractivity contribution < 1.29 is 32.6 Å². The number of hydrogen-bond donors (Lipinski definition) is 2. The zero-order chi connectivity index (χ0) is 25.2. The summed E-state index contributed by atoms with van der Waals surface area (Å²) < 4.78 is 28.6. The van der Waals surface area contributed by atoms with E-state index in [-0.39, 0.29) is 30.7 Å². The highest BCUT2D eigenvalue weighted by Crippen LogP contribution is 2.44. The van der Waals surface area contributed by atoms with E-state index >= 15 is 0 Å². The molecule has 1 aliphatic carbocycles. The summed E-state index contributed by atoms with van der Waals surface area (Å²) in [5.74, 6) is -2.22. The quantitative estimate of drug-likeness (QED) is 0.569. The van der Waals surface area contributed by atoms with Crippen LogP contribution in [-0.4, -0.2) is 74.1 Å². The van der Waals surface area contributed by atoms with Crippen LogP contribution in [0.4, 0.5) is 4.79 Å². The lowest BCUT2D eigenvalue weighted by Gasteiger charge is -2.23. The minimum Gasteiger partial charge on any atom is -0.481 e. The fourth-order valence-corrected chi connectivity index (χ4v) is 6.10. The van der Waals surface area contributed by atoms with E-state index in [1.165, 1.54) is 4.90 Å². The molecule has 1 heterocycles. The smallest absolute Gasteiger partial charge is 0.407 e. The summed E-state index contributed by atoms with van der Waals surface area (Å²) in [6.45, 7) is 0.546. The van der Waals surface area contributed by atoms with Crippen molar-refractivity contribution in [1.82, 2.24) is 10.2 Å². The van der Waals surface area contributed by atoms with Gasteiger partial charge in [-0.3, -0.25) is 9.59 Å². The Labute approximate surface area is 204 Å².